The van der Waals surface area contributed by atoms with Crippen molar-refractivity contribution < 1.29 is 54.7 Å². The normalized spacial score (nSPS) is 25.1. The van der Waals surface area contributed by atoms with E-state index in [1.165, 1.54) is 43.9 Å². The third-order valence-electron chi connectivity index (χ3n) is 10.2. The zero-order valence-electron chi connectivity index (χ0n) is 29.4. The van der Waals surface area contributed by atoms with Crippen molar-refractivity contribution in [1.82, 2.24) is 25.2 Å². The van der Waals surface area contributed by atoms with Crippen LogP contribution in [0, 0.1) is 22.6 Å². The fraction of sp³-hybridized carbons (Fsp3) is 0.618. The van der Waals surface area contributed by atoms with Crippen LogP contribution in [0.5, 0.6) is 0 Å². The van der Waals surface area contributed by atoms with Crippen LogP contribution in [0.4, 0.5) is 22.4 Å². The second kappa shape index (κ2) is 13.3. The van der Waals surface area contributed by atoms with Gasteiger partial charge in [-0.05, 0) is 50.2 Å². The standard InChI is InChI=1S/C34H43F4N5O8S/c1-7-19-14-33(19,29(47)41-52(49,50)21-11-12-21)40-26(44)24-13-20(51-30(48)42-15-18-9-8-10-23(35)22(18)17-42)16-43(24)27(45)25(31(2,3)4)39-28(46)32(5,6)34(36,37)38/h7-10,19-21,24-25H,1,11-17H2,2-6H3,(H,39,46)(H,40,44)(H,41,47)/t19-,20-,24+,25-,33-/m1/s1. The Morgan fingerprint density at radius 2 is 1.71 bits per heavy atom. The summed E-state index contributed by atoms with van der Waals surface area (Å²) in [5.74, 6) is -5.55. The second-order valence-electron chi connectivity index (χ2n) is 15.6. The number of halogens is 4. The number of carbonyl (C=O) groups is 5. The Labute approximate surface area is 298 Å². The smallest absolute Gasteiger partial charge is 0.410 e. The molecule has 2 aliphatic heterocycles. The molecule has 18 heteroatoms. The lowest BCUT2D eigenvalue weighted by Crippen LogP contribution is -2.61. The van der Waals surface area contributed by atoms with E-state index in [0.717, 1.165) is 4.90 Å². The Balaban J connectivity index is 1.41. The van der Waals surface area contributed by atoms with Crippen molar-refractivity contribution >= 4 is 39.7 Å². The van der Waals surface area contributed by atoms with Crippen LogP contribution >= 0.6 is 0 Å². The Morgan fingerprint density at radius 1 is 1.06 bits per heavy atom. The van der Waals surface area contributed by atoms with E-state index in [-0.39, 0.29) is 25.9 Å². The zero-order chi connectivity index (χ0) is 38.8. The molecule has 0 aromatic heterocycles. The Hall–Kier alpha value is -4.22. The molecule has 4 aliphatic rings. The van der Waals surface area contributed by atoms with Gasteiger partial charge in [0.15, 0.2) is 0 Å². The number of amides is 5. The molecule has 2 aliphatic carbocycles. The fourth-order valence-corrected chi connectivity index (χ4v) is 7.74. The fourth-order valence-electron chi connectivity index (χ4n) is 6.38. The average Bonchev–Trinajstić information content (AvgIpc) is 3.92. The number of carbonyl (C=O) groups excluding carboxylic acids is 5. The van der Waals surface area contributed by atoms with Gasteiger partial charge >= 0.3 is 12.3 Å². The first kappa shape index (κ1) is 39.0. The molecule has 5 rings (SSSR count). The van der Waals surface area contributed by atoms with Gasteiger partial charge < -0.3 is 20.3 Å². The highest BCUT2D eigenvalue weighted by Crippen LogP contribution is 2.46. The van der Waals surface area contributed by atoms with Gasteiger partial charge in [0.05, 0.1) is 18.3 Å². The molecule has 1 saturated heterocycles. The van der Waals surface area contributed by atoms with Crippen molar-refractivity contribution in [2.45, 2.75) is 109 Å². The summed E-state index contributed by atoms with van der Waals surface area (Å²) in [6.07, 6.45) is -5.22. The van der Waals surface area contributed by atoms with E-state index in [9.17, 15) is 50.0 Å². The lowest BCUT2D eigenvalue weighted by molar-refractivity contribution is -0.212. The first-order valence-electron chi connectivity index (χ1n) is 16.8. The van der Waals surface area contributed by atoms with Crippen LogP contribution in [0.25, 0.3) is 0 Å². The van der Waals surface area contributed by atoms with Crippen LogP contribution in [-0.4, -0.2) is 89.6 Å². The van der Waals surface area contributed by atoms with Crippen molar-refractivity contribution in [3.8, 4) is 0 Å². The van der Waals surface area contributed by atoms with Crippen LogP contribution in [0.15, 0.2) is 30.9 Å². The quantitative estimate of drug-likeness (QED) is 0.242. The summed E-state index contributed by atoms with van der Waals surface area (Å²) in [7, 11) is -4.01. The van der Waals surface area contributed by atoms with E-state index in [2.05, 4.69) is 17.2 Å². The lowest BCUT2D eigenvalue weighted by atomic mass is 9.83. The van der Waals surface area contributed by atoms with Crippen molar-refractivity contribution in [2.24, 2.45) is 16.7 Å². The summed E-state index contributed by atoms with van der Waals surface area (Å²) >= 11 is 0. The van der Waals surface area contributed by atoms with E-state index in [1.807, 2.05) is 4.72 Å². The van der Waals surface area contributed by atoms with Crippen LogP contribution in [0.1, 0.15) is 71.4 Å². The summed E-state index contributed by atoms with van der Waals surface area (Å²) in [5, 5.41) is 4.05. The summed E-state index contributed by atoms with van der Waals surface area (Å²) in [6.45, 7) is 8.99. The minimum Gasteiger partial charge on any atom is -0.444 e. The number of alkyl halides is 3. The van der Waals surface area contributed by atoms with Gasteiger partial charge in [-0.1, -0.05) is 39.0 Å². The van der Waals surface area contributed by atoms with Crippen LogP contribution in [-0.2, 0) is 47.0 Å². The number of hydrogen-bond donors (Lipinski definition) is 3. The van der Waals surface area contributed by atoms with Gasteiger partial charge in [0.1, 0.15) is 35.0 Å². The van der Waals surface area contributed by atoms with Gasteiger partial charge in [-0.15, -0.1) is 6.58 Å². The molecular formula is C34H43F4N5O8S. The monoisotopic (exact) mass is 757 g/mol. The number of benzene rings is 1. The Morgan fingerprint density at radius 3 is 2.25 bits per heavy atom. The molecule has 0 bridgehead atoms. The van der Waals surface area contributed by atoms with Crippen LogP contribution < -0.4 is 15.4 Å². The SMILES string of the molecule is C=C[C@@H]1C[C@]1(NC(=O)[C@@H]1C[C@@H](OC(=O)N2Cc3cccc(F)c3C2)CN1C(=O)[C@@H](NC(=O)C(C)(C)C(F)(F)F)C(C)(C)C)C(=O)NS(=O)(=O)C1CC1. The summed E-state index contributed by atoms with van der Waals surface area (Å²) in [6, 6.07) is 1.32. The van der Waals surface area contributed by atoms with Crippen LogP contribution in [0.3, 0.4) is 0 Å². The predicted molar refractivity (Wildman–Crippen MR) is 177 cm³/mol. The molecule has 2 saturated carbocycles. The molecule has 0 radical (unpaired) electrons. The number of hydrogen-bond acceptors (Lipinski definition) is 8. The van der Waals surface area contributed by atoms with Crippen LogP contribution in [0.2, 0.25) is 0 Å². The number of nitrogens with one attached hydrogen (secondary N) is 3. The number of sulfonamides is 1. The highest BCUT2D eigenvalue weighted by molar-refractivity contribution is 7.91. The molecule has 13 nitrogen and oxygen atoms in total. The molecule has 52 heavy (non-hydrogen) atoms. The van der Waals surface area contributed by atoms with Gasteiger partial charge in [-0.3, -0.25) is 28.8 Å². The summed E-state index contributed by atoms with van der Waals surface area (Å²) in [5.41, 5.74) is -4.95. The maximum absolute atomic E-state index is 14.4. The number of rotatable bonds is 10. The number of ether oxygens (including phenoxy) is 1. The van der Waals surface area contributed by atoms with E-state index < -0.39 is 104 Å². The van der Waals surface area contributed by atoms with E-state index >= 15 is 0 Å². The largest absolute Gasteiger partial charge is 0.444 e. The predicted octanol–water partition coefficient (Wildman–Crippen LogP) is 3.04. The van der Waals surface area contributed by atoms with Gasteiger partial charge in [-0.25, -0.2) is 17.6 Å². The van der Waals surface area contributed by atoms with E-state index in [0.29, 0.717) is 37.8 Å². The van der Waals surface area contributed by atoms with Gasteiger partial charge in [-0.2, -0.15) is 13.2 Å². The molecule has 5 amide bonds. The summed E-state index contributed by atoms with van der Waals surface area (Å²) < 4.78 is 88.6. The number of fused-ring (bicyclic) bond motifs is 1. The molecule has 1 aromatic rings. The molecule has 3 N–H and O–H groups in total. The molecule has 5 atom stereocenters. The molecule has 286 valence electrons. The third-order valence-corrected chi connectivity index (χ3v) is 12.0. The third kappa shape index (κ3) is 7.48. The minimum atomic E-state index is -4.97. The van der Waals surface area contributed by atoms with Crippen molar-refractivity contribution in [3.05, 3.63) is 47.8 Å². The Kier molecular flexibility index (Phi) is 9.99. The molecule has 1 aromatic carbocycles. The Bertz CT molecular complexity index is 1790. The average molecular weight is 758 g/mol. The maximum atomic E-state index is 14.4. The van der Waals surface area contributed by atoms with Gasteiger partial charge in [0.25, 0.3) is 5.91 Å². The molecule has 2 heterocycles. The highest BCUT2D eigenvalue weighted by Gasteiger charge is 2.62. The molecule has 0 spiro atoms. The number of nitrogens with zero attached hydrogens (tertiary/aromatic N) is 2. The zero-order valence-corrected chi connectivity index (χ0v) is 30.3. The number of likely N-dealkylation sites (tertiary alicyclic amines) is 1. The highest BCUT2D eigenvalue weighted by atomic mass is 32.2. The van der Waals surface area contributed by atoms with Crippen molar-refractivity contribution in [3.63, 3.8) is 0 Å². The lowest BCUT2D eigenvalue weighted by Gasteiger charge is -2.37. The van der Waals surface area contributed by atoms with Crippen molar-refractivity contribution in [1.29, 1.82) is 0 Å². The first-order chi connectivity index (χ1) is 23.9. The molecular weight excluding hydrogens is 714 g/mol. The first-order valence-corrected chi connectivity index (χ1v) is 18.4. The molecule has 3 fully saturated rings. The molecule has 0 unspecified atom stereocenters. The topological polar surface area (TPSA) is 171 Å². The summed E-state index contributed by atoms with van der Waals surface area (Å²) in [4.78, 5) is 70.2. The van der Waals surface area contributed by atoms with Crippen molar-refractivity contribution in [2.75, 3.05) is 6.54 Å². The maximum Gasteiger partial charge on any atom is 0.410 e. The second-order valence-corrected chi connectivity index (χ2v) is 17.5. The van der Waals surface area contributed by atoms with E-state index in [4.69, 9.17) is 4.74 Å². The van der Waals surface area contributed by atoms with E-state index in [1.54, 1.807) is 6.07 Å². The van der Waals surface area contributed by atoms with Gasteiger partial charge in [0, 0.05) is 24.4 Å². The van der Waals surface area contributed by atoms with Gasteiger partial charge in [0.2, 0.25) is 27.7 Å². The minimum absolute atomic E-state index is 0.00732.